The summed E-state index contributed by atoms with van der Waals surface area (Å²) in [5.41, 5.74) is 3.32. The zero-order valence-electron chi connectivity index (χ0n) is 8.10. The lowest BCUT2D eigenvalue weighted by Gasteiger charge is -2.09. The normalized spacial score (nSPS) is 10.5. The van der Waals surface area contributed by atoms with Gasteiger partial charge in [-0.05, 0) is 30.0 Å². The van der Waals surface area contributed by atoms with E-state index in [-0.39, 0.29) is 3.79 Å². The third-order valence-corrected chi connectivity index (χ3v) is 2.74. The van der Waals surface area contributed by atoms with E-state index in [4.69, 9.17) is 0 Å². The SMILES string of the molecule is Cc1cc(C(=O)I)ccc1C(C)C. The molecule has 0 atom stereocenters. The highest BCUT2D eigenvalue weighted by molar-refractivity contribution is 14.1. The molecule has 0 aromatic heterocycles. The molecular weight excluding hydrogens is 275 g/mol. The number of benzene rings is 1. The van der Waals surface area contributed by atoms with Crippen molar-refractivity contribution in [2.75, 3.05) is 0 Å². The van der Waals surface area contributed by atoms with Gasteiger partial charge in [-0.25, -0.2) is 0 Å². The van der Waals surface area contributed by atoms with Crippen LogP contribution in [0.1, 0.15) is 41.3 Å². The van der Waals surface area contributed by atoms with Crippen molar-refractivity contribution < 1.29 is 4.79 Å². The molecular formula is C11H13IO. The van der Waals surface area contributed by atoms with Gasteiger partial charge in [0.15, 0.2) is 0 Å². The average Bonchev–Trinajstić information content (AvgIpc) is 2.03. The van der Waals surface area contributed by atoms with Crippen LogP contribution in [0.2, 0.25) is 0 Å². The predicted octanol–water partition coefficient (Wildman–Crippen LogP) is 3.69. The van der Waals surface area contributed by atoms with Crippen LogP contribution >= 0.6 is 22.6 Å². The first-order valence-corrected chi connectivity index (χ1v) is 5.40. The standard InChI is InChI=1S/C11H13IO/c1-7(2)10-5-4-9(11(12)13)6-8(10)3/h4-7H,1-3H3. The second-order valence-electron chi connectivity index (χ2n) is 3.50. The predicted molar refractivity (Wildman–Crippen MR) is 63.6 cm³/mol. The Morgan fingerprint density at radius 1 is 1.38 bits per heavy atom. The maximum Gasteiger partial charge on any atom is 0.222 e. The topological polar surface area (TPSA) is 17.1 Å². The fraction of sp³-hybridized carbons (Fsp3) is 0.364. The van der Waals surface area contributed by atoms with Crippen molar-refractivity contribution in [3.63, 3.8) is 0 Å². The van der Waals surface area contributed by atoms with Gasteiger partial charge in [-0.2, -0.15) is 0 Å². The molecule has 0 spiro atoms. The van der Waals surface area contributed by atoms with Crippen LogP contribution in [-0.4, -0.2) is 3.79 Å². The van der Waals surface area contributed by atoms with E-state index in [0.717, 1.165) is 5.56 Å². The van der Waals surface area contributed by atoms with Gasteiger partial charge in [-0.15, -0.1) is 0 Å². The van der Waals surface area contributed by atoms with E-state index < -0.39 is 0 Å². The summed E-state index contributed by atoms with van der Waals surface area (Å²) < 4.78 is 0.107. The van der Waals surface area contributed by atoms with Gasteiger partial charge in [0, 0.05) is 28.2 Å². The highest BCUT2D eigenvalue weighted by atomic mass is 127. The fourth-order valence-electron chi connectivity index (χ4n) is 1.45. The van der Waals surface area contributed by atoms with Crippen LogP contribution in [0.25, 0.3) is 0 Å². The van der Waals surface area contributed by atoms with E-state index in [1.54, 1.807) is 0 Å². The van der Waals surface area contributed by atoms with Crippen molar-refractivity contribution in [2.45, 2.75) is 26.7 Å². The van der Waals surface area contributed by atoms with Crippen molar-refractivity contribution in [3.8, 4) is 0 Å². The molecule has 0 aliphatic carbocycles. The summed E-state index contributed by atoms with van der Waals surface area (Å²) in [7, 11) is 0. The summed E-state index contributed by atoms with van der Waals surface area (Å²) in [4.78, 5) is 11.1. The molecule has 0 aliphatic rings. The van der Waals surface area contributed by atoms with Crippen molar-refractivity contribution in [2.24, 2.45) is 0 Å². The summed E-state index contributed by atoms with van der Waals surface area (Å²) >= 11 is 1.82. The minimum atomic E-state index is 0.107. The molecule has 0 fully saturated rings. The van der Waals surface area contributed by atoms with Gasteiger partial charge >= 0.3 is 0 Å². The molecule has 0 heterocycles. The van der Waals surface area contributed by atoms with Gasteiger partial charge in [0.1, 0.15) is 0 Å². The fourth-order valence-corrected chi connectivity index (χ4v) is 1.78. The third kappa shape index (κ3) is 2.53. The van der Waals surface area contributed by atoms with Gasteiger partial charge < -0.3 is 0 Å². The summed E-state index contributed by atoms with van der Waals surface area (Å²) in [5.74, 6) is 0.526. The molecule has 0 aliphatic heterocycles. The van der Waals surface area contributed by atoms with Crippen LogP contribution in [0.15, 0.2) is 18.2 Å². The van der Waals surface area contributed by atoms with Crippen LogP contribution in [0.5, 0.6) is 0 Å². The Labute approximate surface area is 92.7 Å². The molecule has 0 saturated carbocycles. The van der Waals surface area contributed by atoms with Crippen LogP contribution in [0.3, 0.4) is 0 Å². The summed E-state index contributed by atoms with van der Waals surface area (Å²) in [6, 6.07) is 5.91. The lowest BCUT2D eigenvalue weighted by Crippen LogP contribution is -1.95. The van der Waals surface area contributed by atoms with Gasteiger partial charge in [-0.3, -0.25) is 4.79 Å². The quantitative estimate of drug-likeness (QED) is 0.599. The van der Waals surface area contributed by atoms with Crippen LogP contribution < -0.4 is 0 Å². The van der Waals surface area contributed by atoms with E-state index in [0.29, 0.717) is 5.92 Å². The lowest BCUT2D eigenvalue weighted by atomic mass is 9.96. The Bertz CT molecular complexity index is 329. The zero-order chi connectivity index (χ0) is 10.0. The Morgan fingerprint density at radius 2 is 2.00 bits per heavy atom. The first-order chi connectivity index (χ1) is 6.02. The maximum absolute atomic E-state index is 11.1. The van der Waals surface area contributed by atoms with E-state index in [1.165, 1.54) is 11.1 Å². The van der Waals surface area contributed by atoms with Crippen molar-refractivity contribution >= 4 is 26.4 Å². The van der Waals surface area contributed by atoms with Gasteiger partial charge in [-0.1, -0.05) is 26.0 Å². The molecule has 1 nitrogen and oxygen atoms in total. The number of rotatable bonds is 2. The van der Waals surface area contributed by atoms with Crippen molar-refractivity contribution in [1.82, 2.24) is 0 Å². The van der Waals surface area contributed by atoms with Crippen LogP contribution in [0, 0.1) is 6.92 Å². The highest BCUT2D eigenvalue weighted by Crippen LogP contribution is 2.20. The number of halogens is 1. The molecule has 0 saturated heterocycles. The number of hydrogen-bond donors (Lipinski definition) is 0. The van der Waals surface area contributed by atoms with Crippen molar-refractivity contribution in [1.29, 1.82) is 0 Å². The molecule has 1 rings (SSSR count). The maximum atomic E-state index is 11.1. The van der Waals surface area contributed by atoms with E-state index in [1.807, 2.05) is 40.8 Å². The molecule has 0 N–H and O–H groups in total. The van der Waals surface area contributed by atoms with Gasteiger partial charge in [0.25, 0.3) is 0 Å². The molecule has 0 bridgehead atoms. The number of aryl methyl sites for hydroxylation is 1. The lowest BCUT2D eigenvalue weighted by molar-refractivity contribution is 0.110. The molecule has 2 heteroatoms. The summed E-state index contributed by atoms with van der Waals surface area (Å²) in [6.07, 6.45) is 0. The Hall–Kier alpha value is -0.380. The minimum Gasteiger partial charge on any atom is -0.282 e. The minimum absolute atomic E-state index is 0.107. The largest absolute Gasteiger partial charge is 0.282 e. The van der Waals surface area contributed by atoms with Crippen LogP contribution in [0.4, 0.5) is 0 Å². The molecule has 0 amide bonds. The third-order valence-electron chi connectivity index (χ3n) is 2.12. The Morgan fingerprint density at radius 3 is 2.38 bits per heavy atom. The molecule has 0 radical (unpaired) electrons. The zero-order valence-corrected chi connectivity index (χ0v) is 10.3. The second kappa shape index (κ2) is 4.22. The summed E-state index contributed by atoms with van der Waals surface area (Å²) in [5, 5.41) is 0. The van der Waals surface area contributed by atoms with E-state index in [9.17, 15) is 4.79 Å². The number of hydrogen-bond acceptors (Lipinski definition) is 1. The Balaban J connectivity index is 3.13. The highest BCUT2D eigenvalue weighted by Gasteiger charge is 2.06. The molecule has 13 heavy (non-hydrogen) atoms. The number of carbonyl (C=O) groups excluding carboxylic acids is 1. The van der Waals surface area contributed by atoms with Gasteiger partial charge in [0.2, 0.25) is 3.79 Å². The molecule has 0 unspecified atom stereocenters. The smallest absolute Gasteiger partial charge is 0.222 e. The first-order valence-electron chi connectivity index (χ1n) is 4.32. The van der Waals surface area contributed by atoms with Gasteiger partial charge in [0.05, 0.1) is 0 Å². The summed E-state index contributed by atoms with van der Waals surface area (Å²) in [6.45, 7) is 6.38. The molecule has 70 valence electrons. The van der Waals surface area contributed by atoms with Crippen molar-refractivity contribution in [3.05, 3.63) is 34.9 Å². The Kier molecular flexibility index (Phi) is 3.47. The first kappa shape index (κ1) is 10.7. The number of carbonyl (C=O) groups is 1. The van der Waals surface area contributed by atoms with Crippen LogP contribution in [-0.2, 0) is 0 Å². The monoisotopic (exact) mass is 288 g/mol. The second-order valence-corrected chi connectivity index (χ2v) is 4.48. The molecule has 1 aromatic carbocycles. The molecule has 1 aromatic rings. The average molecular weight is 288 g/mol. The van der Waals surface area contributed by atoms with E-state index in [2.05, 4.69) is 20.8 Å². The van der Waals surface area contributed by atoms with E-state index >= 15 is 0 Å².